The average molecular weight is 463 g/mol. The Labute approximate surface area is 203 Å². The van der Waals surface area contributed by atoms with Gasteiger partial charge in [-0.1, -0.05) is 62.7 Å². The molecular weight excluding hydrogens is 424 g/mol. The van der Waals surface area contributed by atoms with E-state index in [0.29, 0.717) is 13.1 Å². The molecule has 2 aromatic carbocycles. The molecule has 0 fully saturated rings. The topological polar surface area (TPSA) is 67.2 Å². The number of amides is 2. The van der Waals surface area contributed by atoms with Gasteiger partial charge < -0.3 is 14.8 Å². The van der Waals surface area contributed by atoms with Crippen molar-refractivity contribution >= 4 is 22.8 Å². The van der Waals surface area contributed by atoms with Crippen LogP contribution < -0.4 is 5.32 Å². The van der Waals surface area contributed by atoms with E-state index in [-0.39, 0.29) is 30.3 Å². The molecule has 6 nitrogen and oxygen atoms in total. The van der Waals surface area contributed by atoms with Crippen LogP contribution in [0.25, 0.3) is 11.0 Å². The molecule has 0 aliphatic heterocycles. The number of rotatable bonds is 12. The fourth-order valence-corrected chi connectivity index (χ4v) is 4.06. The highest BCUT2D eigenvalue weighted by Gasteiger charge is 2.20. The third-order valence-corrected chi connectivity index (χ3v) is 6.07. The minimum absolute atomic E-state index is 0.0183. The molecule has 0 aliphatic rings. The number of imidazole rings is 1. The Morgan fingerprint density at radius 1 is 0.941 bits per heavy atom. The maximum Gasteiger partial charge on any atom is 0.243 e. The van der Waals surface area contributed by atoms with Gasteiger partial charge in [0.05, 0.1) is 11.0 Å². The van der Waals surface area contributed by atoms with Gasteiger partial charge in [0.25, 0.3) is 0 Å². The Hall–Kier alpha value is -3.15. The first-order valence-corrected chi connectivity index (χ1v) is 12.4. The Bertz CT molecular complexity index is 1070. The van der Waals surface area contributed by atoms with Gasteiger partial charge in [0.2, 0.25) is 11.8 Å². The maximum absolute atomic E-state index is 13.4. The fraction of sp³-hybridized carbons (Fsp3) is 0.464. The molecular formula is C28H38N4O2. The molecule has 3 aromatic rings. The summed E-state index contributed by atoms with van der Waals surface area (Å²) in [5.74, 6) is 1.17. The standard InChI is InChI=1S/C28H38N4O2/c1-21(2)28(34)29-18-12-6-9-17-26-30-24-15-10-11-16-25(24)32(26)20-27(33)31(22(3)4)19-23-13-7-5-8-14-23/h5,7-8,10-11,13-16,21-22H,6,9,12,17-20H2,1-4H3,(H,29,34). The summed E-state index contributed by atoms with van der Waals surface area (Å²) in [6, 6.07) is 18.3. The summed E-state index contributed by atoms with van der Waals surface area (Å²) in [6.07, 6.45) is 3.71. The first-order chi connectivity index (χ1) is 16.4. The van der Waals surface area contributed by atoms with Crippen LogP contribution in [0.15, 0.2) is 54.6 Å². The maximum atomic E-state index is 13.4. The summed E-state index contributed by atoms with van der Waals surface area (Å²) in [7, 11) is 0. The zero-order chi connectivity index (χ0) is 24.5. The first kappa shape index (κ1) is 25.5. The number of carbonyl (C=O) groups is 2. The van der Waals surface area contributed by atoms with E-state index >= 15 is 0 Å². The zero-order valence-corrected chi connectivity index (χ0v) is 21.0. The number of para-hydroxylation sites is 2. The van der Waals surface area contributed by atoms with E-state index < -0.39 is 0 Å². The van der Waals surface area contributed by atoms with Crippen LogP contribution in [0.4, 0.5) is 0 Å². The van der Waals surface area contributed by atoms with E-state index in [0.717, 1.165) is 48.1 Å². The smallest absolute Gasteiger partial charge is 0.243 e. The van der Waals surface area contributed by atoms with E-state index in [1.54, 1.807) is 0 Å². The number of nitrogens with one attached hydrogen (secondary N) is 1. The molecule has 0 atom stereocenters. The lowest BCUT2D eigenvalue weighted by atomic mass is 10.1. The van der Waals surface area contributed by atoms with Gasteiger partial charge >= 0.3 is 0 Å². The van der Waals surface area contributed by atoms with Crippen molar-refractivity contribution in [2.75, 3.05) is 6.54 Å². The summed E-state index contributed by atoms with van der Waals surface area (Å²) in [5, 5.41) is 2.97. The van der Waals surface area contributed by atoms with Crippen molar-refractivity contribution in [2.24, 2.45) is 5.92 Å². The molecule has 0 unspecified atom stereocenters. The predicted octanol–water partition coefficient (Wildman–Crippen LogP) is 4.96. The third-order valence-electron chi connectivity index (χ3n) is 6.07. The summed E-state index contributed by atoms with van der Waals surface area (Å²) in [5.41, 5.74) is 3.05. The number of carbonyl (C=O) groups excluding carboxylic acids is 2. The van der Waals surface area contributed by atoms with E-state index in [4.69, 9.17) is 4.98 Å². The molecule has 1 N–H and O–H groups in total. The summed E-state index contributed by atoms with van der Waals surface area (Å²) >= 11 is 0. The number of fused-ring (bicyclic) bond motifs is 1. The summed E-state index contributed by atoms with van der Waals surface area (Å²) in [6.45, 7) is 9.52. The zero-order valence-electron chi connectivity index (χ0n) is 21.0. The third kappa shape index (κ3) is 6.92. The van der Waals surface area contributed by atoms with Crippen molar-refractivity contribution in [1.29, 1.82) is 0 Å². The van der Waals surface area contributed by atoms with Crippen LogP contribution in [0.3, 0.4) is 0 Å². The van der Waals surface area contributed by atoms with Gasteiger partial charge in [0, 0.05) is 31.5 Å². The molecule has 0 saturated heterocycles. The highest BCUT2D eigenvalue weighted by atomic mass is 16.2. The number of hydrogen-bond acceptors (Lipinski definition) is 3. The van der Waals surface area contributed by atoms with Crippen molar-refractivity contribution in [3.8, 4) is 0 Å². The molecule has 0 radical (unpaired) electrons. The number of aromatic nitrogens is 2. The minimum atomic E-state index is 0.0183. The van der Waals surface area contributed by atoms with Gasteiger partial charge in [-0.25, -0.2) is 4.98 Å². The number of nitrogens with zero attached hydrogens (tertiary/aromatic N) is 3. The van der Waals surface area contributed by atoms with Crippen molar-refractivity contribution < 1.29 is 9.59 Å². The molecule has 1 heterocycles. The van der Waals surface area contributed by atoms with Crippen molar-refractivity contribution in [2.45, 2.75) is 72.5 Å². The molecule has 2 amide bonds. The quantitative estimate of drug-likeness (QED) is 0.387. The van der Waals surface area contributed by atoms with E-state index in [2.05, 4.69) is 35.9 Å². The second kappa shape index (κ2) is 12.4. The lowest BCUT2D eigenvalue weighted by molar-refractivity contribution is -0.134. The molecule has 6 heteroatoms. The highest BCUT2D eigenvalue weighted by Crippen LogP contribution is 2.19. The minimum Gasteiger partial charge on any atom is -0.356 e. The van der Waals surface area contributed by atoms with Gasteiger partial charge in [-0.05, 0) is 44.4 Å². The second-order valence-electron chi connectivity index (χ2n) is 9.46. The Kier molecular flexibility index (Phi) is 9.25. The lowest BCUT2D eigenvalue weighted by Gasteiger charge is -2.27. The van der Waals surface area contributed by atoms with Crippen LogP contribution in [-0.2, 0) is 29.1 Å². The van der Waals surface area contributed by atoms with Crippen LogP contribution >= 0.6 is 0 Å². The first-order valence-electron chi connectivity index (χ1n) is 12.4. The van der Waals surface area contributed by atoms with Gasteiger partial charge in [-0.2, -0.15) is 0 Å². The van der Waals surface area contributed by atoms with Gasteiger partial charge in [-0.3, -0.25) is 9.59 Å². The van der Waals surface area contributed by atoms with Crippen molar-refractivity contribution in [3.63, 3.8) is 0 Å². The van der Waals surface area contributed by atoms with Crippen LogP contribution in [-0.4, -0.2) is 38.9 Å². The molecule has 182 valence electrons. The largest absolute Gasteiger partial charge is 0.356 e. The molecule has 0 aliphatic carbocycles. The Balaban J connectivity index is 1.67. The van der Waals surface area contributed by atoms with E-state index in [1.807, 2.05) is 61.2 Å². The van der Waals surface area contributed by atoms with Crippen LogP contribution in [0.2, 0.25) is 0 Å². The van der Waals surface area contributed by atoms with Crippen LogP contribution in [0.1, 0.15) is 58.3 Å². The average Bonchev–Trinajstić information content (AvgIpc) is 3.17. The molecule has 0 saturated carbocycles. The van der Waals surface area contributed by atoms with Crippen LogP contribution in [0, 0.1) is 5.92 Å². The second-order valence-corrected chi connectivity index (χ2v) is 9.46. The highest BCUT2D eigenvalue weighted by molar-refractivity contribution is 5.81. The molecule has 3 rings (SSSR count). The Morgan fingerprint density at radius 2 is 1.65 bits per heavy atom. The molecule has 0 spiro atoms. The van der Waals surface area contributed by atoms with E-state index in [1.165, 1.54) is 0 Å². The lowest BCUT2D eigenvalue weighted by Crippen LogP contribution is -2.38. The predicted molar refractivity (Wildman–Crippen MR) is 137 cm³/mol. The van der Waals surface area contributed by atoms with E-state index in [9.17, 15) is 9.59 Å². The molecule has 1 aromatic heterocycles. The number of hydrogen-bond donors (Lipinski definition) is 1. The summed E-state index contributed by atoms with van der Waals surface area (Å²) < 4.78 is 2.08. The number of unbranched alkanes of at least 4 members (excludes halogenated alkanes) is 2. The SMILES string of the molecule is CC(C)C(=O)NCCCCCc1nc2ccccc2n1CC(=O)N(Cc1ccccc1)C(C)C. The van der Waals surface area contributed by atoms with Gasteiger partial charge in [0.15, 0.2) is 0 Å². The molecule has 0 bridgehead atoms. The van der Waals surface area contributed by atoms with Gasteiger partial charge in [0.1, 0.15) is 12.4 Å². The number of benzene rings is 2. The number of aryl methyl sites for hydroxylation is 1. The fourth-order valence-electron chi connectivity index (χ4n) is 4.06. The molecule has 34 heavy (non-hydrogen) atoms. The summed E-state index contributed by atoms with van der Waals surface area (Å²) in [4.78, 5) is 31.9. The van der Waals surface area contributed by atoms with Crippen LogP contribution in [0.5, 0.6) is 0 Å². The van der Waals surface area contributed by atoms with Gasteiger partial charge in [-0.15, -0.1) is 0 Å². The van der Waals surface area contributed by atoms with Crippen molar-refractivity contribution in [3.05, 3.63) is 66.0 Å². The normalized spacial score (nSPS) is 11.4. The monoisotopic (exact) mass is 462 g/mol. The van der Waals surface area contributed by atoms with Crippen molar-refractivity contribution in [1.82, 2.24) is 19.8 Å². The Morgan fingerprint density at radius 3 is 2.35 bits per heavy atom.